The minimum Gasteiger partial charge on any atom is -0.497 e. The van der Waals surface area contributed by atoms with Crippen molar-refractivity contribution in [1.82, 2.24) is 10.1 Å². The van der Waals surface area contributed by atoms with Crippen molar-refractivity contribution in [2.24, 2.45) is 0 Å². The molecule has 20 heavy (non-hydrogen) atoms. The van der Waals surface area contributed by atoms with Crippen molar-refractivity contribution in [3.05, 3.63) is 24.1 Å². The molecule has 0 saturated carbocycles. The summed E-state index contributed by atoms with van der Waals surface area (Å²) in [7, 11) is 3.14. The van der Waals surface area contributed by atoms with Gasteiger partial charge in [-0.25, -0.2) is 0 Å². The Balaban J connectivity index is 2.29. The number of hydrogen-bond donors (Lipinski definition) is 0. The quantitative estimate of drug-likeness (QED) is 0.805. The Morgan fingerprint density at radius 3 is 2.40 bits per heavy atom. The molecule has 0 fully saturated rings. The van der Waals surface area contributed by atoms with Gasteiger partial charge in [-0.05, 0) is 12.1 Å². The van der Waals surface area contributed by atoms with E-state index < -0.39 is 0 Å². The van der Waals surface area contributed by atoms with Crippen molar-refractivity contribution in [3.63, 3.8) is 0 Å². The summed E-state index contributed by atoms with van der Waals surface area (Å²) in [5, 5.41) is 3.88. The second-order valence-electron chi connectivity index (χ2n) is 4.18. The lowest BCUT2D eigenvalue weighted by molar-refractivity contribution is -0.118. The average Bonchev–Trinajstić information content (AvgIpc) is 2.94. The second-order valence-corrected chi connectivity index (χ2v) is 4.18. The van der Waals surface area contributed by atoms with Crippen molar-refractivity contribution >= 4 is 5.78 Å². The highest BCUT2D eigenvalue weighted by Crippen LogP contribution is 2.28. The molecule has 0 saturated heterocycles. The molecule has 2 aromatic rings. The van der Waals surface area contributed by atoms with Crippen LogP contribution in [0.3, 0.4) is 0 Å². The first-order valence-corrected chi connectivity index (χ1v) is 6.24. The first-order valence-electron chi connectivity index (χ1n) is 6.24. The number of nitrogens with zero attached hydrogens (tertiary/aromatic N) is 2. The summed E-state index contributed by atoms with van der Waals surface area (Å²) >= 11 is 0. The molecule has 106 valence electrons. The number of carbonyl (C=O) groups excluding carboxylic acids is 1. The molecular formula is C14H16N2O4. The number of Topliss-reactive ketones (excluding diaryl/α,β-unsaturated/α-hetero) is 1. The number of benzene rings is 1. The zero-order valence-corrected chi connectivity index (χ0v) is 11.7. The Kier molecular flexibility index (Phi) is 4.34. The fourth-order valence-corrected chi connectivity index (χ4v) is 1.67. The van der Waals surface area contributed by atoms with Crippen molar-refractivity contribution < 1.29 is 18.8 Å². The van der Waals surface area contributed by atoms with E-state index in [1.165, 1.54) is 0 Å². The Hall–Kier alpha value is -2.37. The number of hydrogen-bond acceptors (Lipinski definition) is 6. The second kappa shape index (κ2) is 6.18. The third-order valence-electron chi connectivity index (χ3n) is 2.82. The van der Waals surface area contributed by atoms with Gasteiger partial charge in [0.25, 0.3) is 0 Å². The largest absolute Gasteiger partial charge is 0.497 e. The van der Waals surface area contributed by atoms with Crippen LogP contribution >= 0.6 is 0 Å². The number of carbonyl (C=O) groups is 1. The topological polar surface area (TPSA) is 74.5 Å². The number of ketones is 1. The Morgan fingerprint density at radius 1 is 1.20 bits per heavy atom. The van der Waals surface area contributed by atoms with Crippen molar-refractivity contribution in [3.8, 4) is 22.9 Å². The number of methoxy groups -OCH3 is 2. The lowest BCUT2D eigenvalue weighted by Gasteiger charge is -2.05. The predicted molar refractivity (Wildman–Crippen MR) is 71.8 cm³/mol. The van der Waals surface area contributed by atoms with Gasteiger partial charge in [-0.15, -0.1) is 0 Å². The molecule has 1 aromatic carbocycles. The minimum atomic E-state index is 0.0587. The highest BCUT2D eigenvalue weighted by atomic mass is 16.5. The summed E-state index contributed by atoms with van der Waals surface area (Å²) in [4.78, 5) is 15.6. The SMILES string of the molecule is CCC(=O)Cc1nc(-c2cc(OC)cc(OC)c2)no1. The molecule has 0 atom stereocenters. The van der Waals surface area contributed by atoms with E-state index in [-0.39, 0.29) is 12.2 Å². The number of ether oxygens (including phenoxy) is 2. The maximum Gasteiger partial charge on any atom is 0.234 e. The molecule has 0 bridgehead atoms. The Labute approximate surface area is 116 Å². The summed E-state index contributed by atoms with van der Waals surface area (Å²) in [6.07, 6.45) is 0.606. The van der Waals surface area contributed by atoms with E-state index in [1.54, 1.807) is 39.3 Å². The molecule has 0 spiro atoms. The van der Waals surface area contributed by atoms with Crippen LogP contribution in [-0.2, 0) is 11.2 Å². The maximum atomic E-state index is 11.4. The van der Waals surface area contributed by atoms with Crippen LogP contribution in [0.4, 0.5) is 0 Å². The summed E-state index contributed by atoms with van der Waals surface area (Å²) < 4.78 is 15.4. The fourth-order valence-electron chi connectivity index (χ4n) is 1.67. The van der Waals surface area contributed by atoms with E-state index >= 15 is 0 Å². The Bertz CT molecular complexity index is 585. The van der Waals surface area contributed by atoms with Crippen molar-refractivity contribution in [2.75, 3.05) is 14.2 Å². The predicted octanol–water partition coefficient (Wildman–Crippen LogP) is 2.28. The molecule has 0 unspecified atom stereocenters. The van der Waals surface area contributed by atoms with Crippen LogP contribution in [0.2, 0.25) is 0 Å². The monoisotopic (exact) mass is 276 g/mol. The molecule has 0 aliphatic carbocycles. The lowest BCUT2D eigenvalue weighted by atomic mass is 10.2. The van der Waals surface area contributed by atoms with E-state index in [2.05, 4.69) is 10.1 Å². The van der Waals surface area contributed by atoms with Gasteiger partial charge >= 0.3 is 0 Å². The summed E-state index contributed by atoms with van der Waals surface area (Å²) in [5.74, 6) is 2.05. The van der Waals surface area contributed by atoms with Gasteiger partial charge < -0.3 is 14.0 Å². The number of rotatable bonds is 6. The van der Waals surface area contributed by atoms with Gasteiger partial charge in [-0.3, -0.25) is 4.79 Å². The summed E-state index contributed by atoms with van der Waals surface area (Å²) in [5.41, 5.74) is 0.708. The van der Waals surface area contributed by atoms with Crippen LogP contribution in [0.5, 0.6) is 11.5 Å². The molecule has 0 N–H and O–H groups in total. The summed E-state index contributed by atoms with van der Waals surface area (Å²) in [6.45, 7) is 1.80. The maximum absolute atomic E-state index is 11.4. The molecule has 6 heteroatoms. The van der Waals surface area contributed by atoms with Crippen LogP contribution < -0.4 is 9.47 Å². The molecule has 6 nitrogen and oxygen atoms in total. The van der Waals surface area contributed by atoms with E-state index in [1.807, 2.05) is 0 Å². The number of aromatic nitrogens is 2. The van der Waals surface area contributed by atoms with Crippen LogP contribution in [0, 0.1) is 0 Å². The first kappa shape index (κ1) is 14.0. The zero-order chi connectivity index (χ0) is 14.5. The van der Waals surface area contributed by atoms with E-state index in [0.29, 0.717) is 35.2 Å². The molecule has 0 radical (unpaired) electrons. The third-order valence-corrected chi connectivity index (χ3v) is 2.82. The van der Waals surface area contributed by atoms with Crippen LogP contribution in [0.1, 0.15) is 19.2 Å². The van der Waals surface area contributed by atoms with Crippen LogP contribution in [0.25, 0.3) is 11.4 Å². The molecular weight excluding hydrogens is 260 g/mol. The Morgan fingerprint density at radius 2 is 1.85 bits per heavy atom. The van der Waals surface area contributed by atoms with Gasteiger partial charge in [0.2, 0.25) is 11.7 Å². The highest BCUT2D eigenvalue weighted by Gasteiger charge is 2.13. The van der Waals surface area contributed by atoms with Gasteiger partial charge in [-0.2, -0.15) is 4.98 Å². The van der Waals surface area contributed by atoms with Gasteiger partial charge in [0.05, 0.1) is 20.6 Å². The molecule has 0 aliphatic heterocycles. The van der Waals surface area contributed by atoms with Gasteiger partial charge in [0.15, 0.2) is 0 Å². The highest BCUT2D eigenvalue weighted by molar-refractivity contribution is 5.79. The smallest absolute Gasteiger partial charge is 0.234 e. The van der Waals surface area contributed by atoms with Gasteiger partial charge in [-0.1, -0.05) is 12.1 Å². The molecule has 0 aliphatic rings. The molecule has 1 heterocycles. The molecule has 0 amide bonds. The molecule has 1 aromatic heterocycles. The van der Waals surface area contributed by atoms with Crippen molar-refractivity contribution in [1.29, 1.82) is 0 Å². The normalized spacial score (nSPS) is 10.3. The lowest BCUT2D eigenvalue weighted by Crippen LogP contribution is -2.00. The van der Waals surface area contributed by atoms with E-state index in [0.717, 1.165) is 0 Å². The standard InChI is InChI=1S/C14H16N2O4/c1-4-10(17)7-13-15-14(16-20-13)9-5-11(18-2)8-12(6-9)19-3/h5-6,8H,4,7H2,1-3H3. The average molecular weight is 276 g/mol. The third kappa shape index (κ3) is 3.14. The minimum absolute atomic E-state index is 0.0587. The van der Waals surface area contributed by atoms with Gasteiger partial charge in [0, 0.05) is 18.1 Å². The van der Waals surface area contributed by atoms with Crippen LogP contribution in [0.15, 0.2) is 22.7 Å². The fraction of sp³-hybridized carbons (Fsp3) is 0.357. The van der Waals surface area contributed by atoms with E-state index in [9.17, 15) is 4.79 Å². The molecule has 2 rings (SSSR count). The van der Waals surface area contributed by atoms with E-state index in [4.69, 9.17) is 14.0 Å². The van der Waals surface area contributed by atoms with Crippen LogP contribution in [-0.4, -0.2) is 30.1 Å². The zero-order valence-electron chi connectivity index (χ0n) is 11.7. The van der Waals surface area contributed by atoms with Gasteiger partial charge in [0.1, 0.15) is 17.3 Å². The van der Waals surface area contributed by atoms with Crippen molar-refractivity contribution in [2.45, 2.75) is 19.8 Å². The summed E-state index contributed by atoms with van der Waals surface area (Å²) in [6, 6.07) is 5.31. The first-order chi connectivity index (χ1) is 9.66.